The molecule has 5 heteroatoms. The summed E-state index contributed by atoms with van der Waals surface area (Å²) in [4.78, 5) is 15.0. The third kappa shape index (κ3) is 4.91. The Labute approximate surface area is 168 Å². The van der Waals surface area contributed by atoms with Crippen molar-refractivity contribution in [3.63, 3.8) is 0 Å². The van der Waals surface area contributed by atoms with Crippen molar-refractivity contribution in [3.8, 4) is 0 Å². The zero-order valence-electron chi connectivity index (χ0n) is 17.1. The maximum atomic E-state index is 12.6. The van der Waals surface area contributed by atoms with Crippen molar-refractivity contribution in [2.45, 2.75) is 38.8 Å². The minimum absolute atomic E-state index is 0.192. The smallest absolute Gasteiger partial charge is 0.319 e. The lowest BCUT2D eigenvalue weighted by atomic mass is 9.89. The molecule has 1 heterocycles. The number of nitrogens with one attached hydrogen (secondary N) is 2. The minimum atomic E-state index is -0.407. The van der Waals surface area contributed by atoms with Crippen LogP contribution in [0.15, 0.2) is 54.6 Å². The highest BCUT2D eigenvalue weighted by Crippen LogP contribution is 2.25. The van der Waals surface area contributed by atoms with Crippen LogP contribution in [0, 0.1) is 0 Å². The van der Waals surface area contributed by atoms with Gasteiger partial charge in [0.15, 0.2) is 0 Å². The monoisotopic (exact) mass is 381 g/mol. The number of ether oxygens (including phenoxy) is 1. The predicted octanol–water partition coefficient (Wildman–Crippen LogP) is 4.53. The second kappa shape index (κ2) is 9.22. The largest absolute Gasteiger partial charge is 0.379 e. The number of benzene rings is 2. The summed E-state index contributed by atoms with van der Waals surface area (Å²) < 4.78 is 5.43. The Morgan fingerprint density at radius 1 is 1.11 bits per heavy atom. The van der Waals surface area contributed by atoms with Crippen molar-refractivity contribution in [1.29, 1.82) is 0 Å². The van der Waals surface area contributed by atoms with Crippen LogP contribution in [0.5, 0.6) is 0 Å². The number of rotatable bonds is 6. The first-order valence-corrected chi connectivity index (χ1v) is 10.1. The van der Waals surface area contributed by atoms with Gasteiger partial charge in [0.1, 0.15) is 0 Å². The Kier molecular flexibility index (Phi) is 6.70. The summed E-state index contributed by atoms with van der Waals surface area (Å²) in [6.45, 7) is 9.85. The molecule has 0 bridgehead atoms. The summed E-state index contributed by atoms with van der Waals surface area (Å²) in [6, 6.07) is 18.3. The molecular weight excluding hydrogens is 350 g/mol. The van der Waals surface area contributed by atoms with Crippen molar-refractivity contribution in [3.05, 3.63) is 65.7 Å². The van der Waals surface area contributed by atoms with E-state index < -0.39 is 5.54 Å². The topological polar surface area (TPSA) is 53.6 Å². The molecule has 2 unspecified atom stereocenters. The maximum Gasteiger partial charge on any atom is 0.319 e. The first-order valence-electron chi connectivity index (χ1n) is 10.1. The molecule has 28 heavy (non-hydrogen) atoms. The lowest BCUT2D eigenvalue weighted by molar-refractivity contribution is 0.0198. The van der Waals surface area contributed by atoms with Crippen LogP contribution >= 0.6 is 0 Å². The molecule has 2 N–H and O–H groups in total. The van der Waals surface area contributed by atoms with Gasteiger partial charge in [-0.15, -0.1) is 0 Å². The molecule has 1 saturated heterocycles. The highest BCUT2D eigenvalue weighted by Gasteiger charge is 2.26. The standard InChI is InChI=1S/C23H31N3O2/c1-4-23(3,20-8-6-5-7-9-20)25-22(27)24-21-12-10-19(11-13-21)18(2)26-14-16-28-17-15-26/h5-13,18H,4,14-17H2,1-3H3,(H2,24,25,27). The average molecular weight is 382 g/mol. The third-order valence-electron chi connectivity index (χ3n) is 5.75. The summed E-state index contributed by atoms with van der Waals surface area (Å²) in [5.74, 6) is 0. The van der Waals surface area contributed by atoms with E-state index in [2.05, 4.69) is 48.4 Å². The molecule has 2 aromatic rings. The van der Waals surface area contributed by atoms with E-state index in [1.807, 2.05) is 42.5 Å². The Morgan fingerprint density at radius 2 is 1.75 bits per heavy atom. The molecule has 2 aromatic carbocycles. The average Bonchev–Trinajstić information content (AvgIpc) is 2.75. The summed E-state index contributed by atoms with van der Waals surface area (Å²) in [6.07, 6.45) is 0.806. The minimum Gasteiger partial charge on any atom is -0.379 e. The van der Waals surface area contributed by atoms with Gasteiger partial charge in [-0.3, -0.25) is 4.90 Å². The van der Waals surface area contributed by atoms with Crippen LogP contribution in [0.4, 0.5) is 10.5 Å². The first-order chi connectivity index (χ1) is 13.5. The molecule has 0 saturated carbocycles. The van der Waals surface area contributed by atoms with E-state index in [1.54, 1.807) is 0 Å². The van der Waals surface area contributed by atoms with E-state index in [9.17, 15) is 4.79 Å². The van der Waals surface area contributed by atoms with Gasteiger partial charge >= 0.3 is 6.03 Å². The summed E-state index contributed by atoms with van der Waals surface area (Å²) in [5.41, 5.74) is 2.73. The Balaban J connectivity index is 1.61. The van der Waals surface area contributed by atoms with Gasteiger partial charge in [-0.05, 0) is 43.5 Å². The zero-order valence-corrected chi connectivity index (χ0v) is 17.1. The SMILES string of the molecule is CCC(C)(NC(=O)Nc1ccc(C(C)N2CCOCC2)cc1)c1ccccc1. The van der Waals surface area contributed by atoms with E-state index in [4.69, 9.17) is 4.74 Å². The fourth-order valence-electron chi connectivity index (χ4n) is 3.60. The number of carbonyl (C=O) groups is 1. The lowest BCUT2D eigenvalue weighted by Gasteiger charge is -2.32. The van der Waals surface area contributed by atoms with E-state index in [1.165, 1.54) is 5.56 Å². The van der Waals surface area contributed by atoms with E-state index >= 15 is 0 Å². The van der Waals surface area contributed by atoms with Crippen molar-refractivity contribution in [2.75, 3.05) is 31.6 Å². The number of nitrogens with zero attached hydrogens (tertiary/aromatic N) is 1. The van der Waals surface area contributed by atoms with E-state index in [-0.39, 0.29) is 6.03 Å². The van der Waals surface area contributed by atoms with E-state index in [0.717, 1.165) is 44.0 Å². The Hall–Kier alpha value is -2.37. The van der Waals surface area contributed by atoms with Gasteiger partial charge in [-0.25, -0.2) is 4.79 Å². The molecule has 2 amide bonds. The molecule has 1 aliphatic heterocycles. The van der Waals surface area contributed by atoms with Gasteiger partial charge in [0.05, 0.1) is 18.8 Å². The molecule has 5 nitrogen and oxygen atoms in total. The Morgan fingerprint density at radius 3 is 2.36 bits per heavy atom. The third-order valence-corrected chi connectivity index (χ3v) is 5.75. The molecule has 0 aliphatic carbocycles. The van der Waals surface area contributed by atoms with Crippen LogP contribution in [0.25, 0.3) is 0 Å². The number of anilines is 1. The summed E-state index contributed by atoms with van der Waals surface area (Å²) >= 11 is 0. The molecule has 0 radical (unpaired) electrons. The lowest BCUT2D eigenvalue weighted by Crippen LogP contribution is -2.45. The number of hydrogen-bond donors (Lipinski definition) is 2. The molecule has 2 atom stereocenters. The van der Waals surface area contributed by atoms with Gasteiger partial charge in [0.2, 0.25) is 0 Å². The van der Waals surface area contributed by atoms with Crippen molar-refractivity contribution < 1.29 is 9.53 Å². The van der Waals surface area contributed by atoms with Crippen molar-refractivity contribution in [2.24, 2.45) is 0 Å². The molecule has 0 spiro atoms. The first kappa shape index (κ1) is 20.4. The second-order valence-electron chi connectivity index (χ2n) is 7.58. The fraction of sp³-hybridized carbons (Fsp3) is 0.435. The normalized spacial score (nSPS) is 18.1. The molecule has 150 valence electrons. The van der Waals surface area contributed by atoms with Crippen molar-refractivity contribution in [1.82, 2.24) is 10.2 Å². The number of amides is 2. The van der Waals surface area contributed by atoms with Crippen molar-refractivity contribution >= 4 is 11.7 Å². The van der Waals surface area contributed by atoms with Crippen LogP contribution in [0.2, 0.25) is 0 Å². The van der Waals surface area contributed by atoms with Crippen LogP contribution in [0.1, 0.15) is 44.4 Å². The number of hydrogen-bond acceptors (Lipinski definition) is 3. The van der Waals surface area contributed by atoms with Gasteiger partial charge < -0.3 is 15.4 Å². The van der Waals surface area contributed by atoms with Gasteiger partial charge in [-0.2, -0.15) is 0 Å². The summed E-state index contributed by atoms with van der Waals surface area (Å²) in [7, 11) is 0. The van der Waals surface area contributed by atoms with Crippen LogP contribution in [0.3, 0.4) is 0 Å². The van der Waals surface area contributed by atoms with E-state index in [0.29, 0.717) is 6.04 Å². The molecule has 1 aliphatic rings. The predicted molar refractivity (Wildman–Crippen MR) is 113 cm³/mol. The molecule has 3 rings (SSSR count). The van der Waals surface area contributed by atoms with Gasteiger partial charge in [0.25, 0.3) is 0 Å². The Bertz CT molecular complexity index is 757. The van der Waals surface area contributed by atoms with Crippen LogP contribution in [-0.2, 0) is 10.3 Å². The second-order valence-corrected chi connectivity index (χ2v) is 7.58. The van der Waals surface area contributed by atoms with Crippen LogP contribution in [-0.4, -0.2) is 37.2 Å². The highest BCUT2D eigenvalue weighted by molar-refractivity contribution is 5.89. The number of carbonyl (C=O) groups excluding carboxylic acids is 1. The fourth-order valence-corrected chi connectivity index (χ4v) is 3.60. The van der Waals surface area contributed by atoms with Gasteiger partial charge in [0, 0.05) is 24.8 Å². The zero-order chi connectivity index (χ0) is 20.0. The number of morpholine rings is 1. The number of urea groups is 1. The van der Waals surface area contributed by atoms with Crippen LogP contribution < -0.4 is 10.6 Å². The highest BCUT2D eigenvalue weighted by atomic mass is 16.5. The summed E-state index contributed by atoms with van der Waals surface area (Å²) in [5, 5.41) is 6.09. The van der Waals surface area contributed by atoms with Gasteiger partial charge in [-0.1, -0.05) is 49.4 Å². The molecular formula is C23H31N3O2. The molecule has 0 aromatic heterocycles. The quantitative estimate of drug-likeness (QED) is 0.773. The molecule has 1 fully saturated rings. The maximum absolute atomic E-state index is 12.6.